The van der Waals surface area contributed by atoms with Gasteiger partial charge in [-0.2, -0.15) is 0 Å². The second-order valence-corrected chi connectivity index (χ2v) is 5.70. The van der Waals surface area contributed by atoms with Gasteiger partial charge >= 0.3 is 5.97 Å². The number of benzene rings is 1. The van der Waals surface area contributed by atoms with E-state index in [4.69, 9.17) is 4.74 Å². The Morgan fingerprint density at radius 2 is 2.26 bits per heavy atom. The average molecular weight is 276 g/mol. The monoisotopic (exact) mass is 276 g/mol. The Morgan fingerprint density at radius 3 is 3.05 bits per heavy atom. The van der Waals surface area contributed by atoms with Gasteiger partial charge in [0, 0.05) is 6.54 Å². The van der Waals surface area contributed by atoms with Crippen LogP contribution in [0.5, 0.6) is 0 Å². The van der Waals surface area contributed by atoms with Crippen LogP contribution in [0, 0.1) is 0 Å². The second-order valence-electron chi connectivity index (χ2n) is 4.69. The number of ether oxygens (including phenoxy) is 1. The summed E-state index contributed by atoms with van der Waals surface area (Å²) in [6.07, 6.45) is 3.02. The minimum atomic E-state index is -0.181. The van der Waals surface area contributed by atoms with Gasteiger partial charge in [-0.05, 0) is 31.4 Å². The summed E-state index contributed by atoms with van der Waals surface area (Å²) >= 11 is 1.64. The molecule has 1 saturated heterocycles. The van der Waals surface area contributed by atoms with Gasteiger partial charge in [-0.15, -0.1) is 0 Å². The average Bonchev–Trinajstić information content (AvgIpc) is 2.90. The number of carbonyl (C=O) groups excluding carboxylic acids is 1. The highest BCUT2D eigenvalue weighted by molar-refractivity contribution is 7.22. The number of thiazole rings is 1. The molecular weight excluding hydrogens is 260 g/mol. The molecule has 100 valence electrons. The van der Waals surface area contributed by atoms with Crippen LogP contribution in [0.15, 0.2) is 24.3 Å². The van der Waals surface area contributed by atoms with Crippen LogP contribution in [0.4, 0.5) is 5.13 Å². The van der Waals surface area contributed by atoms with Crippen molar-refractivity contribution in [2.75, 3.05) is 18.6 Å². The third-order valence-electron chi connectivity index (χ3n) is 3.50. The molecule has 1 aliphatic heterocycles. The maximum Gasteiger partial charge on any atom is 0.328 e. The van der Waals surface area contributed by atoms with Crippen LogP contribution in [-0.4, -0.2) is 30.6 Å². The van der Waals surface area contributed by atoms with E-state index in [2.05, 4.69) is 16.0 Å². The van der Waals surface area contributed by atoms with Crippen LogP contribution >= 0.6 is 11.3 Å². The number of fused-ring (bicyclic) bond motifs is 1. The van der Waals surface area contributed by atoms with E-state index in [0.29, 0.717) is 0 Å². The van der Waals surface area contributed by atoms with Crippen LogP contribution < -0.4 is 4.90 Å². The number of piperidine rings is 1. The summed E-state index contributed by atoms with van der Waals surface area (Å²) in [6, 6.07) is 7.89. The number of rotatable bonds is 2. The zero-order valence-electron chi connectivity index (χ0n) is 10.8. The quantitative estimate of drug-likeness (QED) is 0.791. The van der Waals surface area contributed by atoms with Crippen molar-refractivity contribution in [1.29, 1.82) is 0 Å². The Bertz CT molecular complexity index is 563. The van der Waals surface area contributed by atoms with Gasteiger partial charge in [0.25, 0.3) is 0 Å². The van der Waals surface area contributed by atoms with Gasteiger partial charge < -0.3 is 9.64 Å². The molecule has 5 heteroatoms. The summed E-state index contributed by atoms with van der Waals surface area (Å²) in [5.74, 6) is -0.154. The van der Waals surface area contributed by atoms with Gasteiger partial charge in [-0.1, -0.05) is 23.5 Å². The molecule has 0 amide bonds. The van der Waals surface area contributed by atoms with Crippen LogP contribution in [-0.2, 0) is 9.53 Å². The Kier molecular flexibility index (Phi) is 3.38. The molecule has 1 atom stereocenters. The number of para-hydroxylation sites is 1. The molecule has 19 heavy (non-hydrogen) atoms. The first-order valence-corrected chi connectivity index (χ1v) is 7.31. The molecule has 1 aliphatic rings. The van der Waals surface area contributed by atoms with E-state index < -0.39 is 0 Å². The summed E-state index contributed by atoms with van der Waals surface area (Å²) in [5, 5.41) is 0.927. The minimum Gasteiger partial charge on any atom is -0.467 e. The Morgan fingerprint density at radius 1 is 1.42 bits per heavy atom. The van der Waals surface area contributed by atoms with Gasteiger partial charge in [0.1, 0.15) is 6.04 Å². The van der Waals surface area contributed by atoms with E-state index in [9.17, 15) is 4.79 Å². The van der Waals surface area contributed by atoms with E-state index in [1.807, 2.05) is 18.2 Å². The molecule has 1 aromatic carbocycles. The van der Waals surface area contributed by atoms with Crippen molar-refractivity contribution < 1.29 is 9.53 Å². The van der Waals surface area contributed by atoms with Crippen molar-refractivity contribution in [1.82, 2.24) is 4.98 Å². The predicted molar refractivity (Wildman–Crippen MR) is 76.6 cm³/mol. The standard InChI is InChI=1S/C14H16N2O2S/c1-18-13(17)11-7-4-5-9-16(11)14-15-10-6-2-3-8-12(10)19-14/h2-3,6,8,11H,4-5,7,9H2,1H3. The number of anilines is 1. The summed E-state index contributed by atoms with van der Waals surface area (Å²) in [7, 11) is 1.45. The molecule has 4 nitrogen and oxygen atoms in total. The summed E-state index contributed by atoms with van der Waals surface area (Å²) in [4.78, 5) is 18.6. The largest absolute Gasteiger partial charge is 0.467 e. The molecule has 2 heterocycles. The van der Waals surface area contributed by atoms with E-state index >= 15 is 0 Å². The fourth-order valence-corrected chi connectivity index (χ4v) is 3.57. The lowest BCUT2D eigenvalue weighted by molar-refractivity contribution is -0.142. The van der Waals surface area contributed by atoms with Crippen molar-refractivity contribution >= 4 is 32.7 Å². The van der Waals surface area contributed by atoms with Crippen molar-refractivity contribution in [3.8, 4) is 0 Å². The first-order chi connectivity index (χ1) is 9.29. The van der Waals surface area contributed by atoms with Crippen LogP contribution in [0.25, 0.3) is 10.2 Å². The Balaban J connectivity index is 1.95. The molecule has 1 fully saturated rings. The molecule has 2 aromatic rings. The highest BCUT2D eigenvalue weighted by Gasteiger charge is 2.31. The van der Waals surface area contributed by atoms with Gasteiger partial charge in [0.05, 0.1) is 17.3 Å². The smallest absolute Gasteiger partial charge is 0.328 e. The van der Waals surface area contributed by atoms with E-state index in [1.54, 1.807) is 11.3 Å². The second kappa shape index (κ2) is 5.17. The molecule has 3 rings (SSSR count). The molecular formula is C14H16N2O2S. The van der Waals surface area contributed by atoms with Gasteiger partial charge in [-0.3, -0.25) is 0 Å². The van der Waals surface area contributed by atoms with Crippen LogP contribution in [0.2, 0.25) is 0 Å². The van der Waals surface area contributed by atoms with E-state index in [1.165, 1.54) is 7.11 Å². The van der Waals surface area contributed by atoms with Gasteiger partial charge in [-0.25, -0.2) is 9.78 Å². The first kappa shape index (κ1) is 12.4. The highest BCUT2D eigenvalue weighted by Crippen LogP contribution is 2.32. The number of carbonyl (C=O) groups is 1. The van der Waals surface area contributed by atoms with Crippen molar-refractivity contribution in [2.45, 2.75) is 25.3 Å². The summed E-state index contributed by atoms with van der Waals surface area (Å²) in [5.41, 5.74) is 0.997. The minimum absolute atomic E-state index is 0.154. The lowest BCUT2D eigenvalue weighted by Gasteiger charge is -2.33. The maximum atomic E-state index is 11.9. The highest BCUT2D eigenvalue weighted by atomic mass is 32.1. The number of hydrogen-bond donors (Lipinski definition) is 0. The lowest BCUT2D eigenvalue weighted by atomic mass is 10.0. The molecule has 0 bridgehead atoms. The zero-order valence-corrected chi connectivity index (χ0v) is 11.7. The first-order valence-electron chi connectivity index (χ1n) is 6.49. The molecule has 0 spiro atoms. The van der Waals surface area contributed by atoms with Crippen LogP contribution in [0.1, 0.15) is 19.3 Å². The summed E-state index contributed by atoms with van der Waals surface area (Å²) < 4.78 is 6.07. The molecule has 0 radical (unpaired) electrons. The topological polar surface area (TPSA) is 42.4 Å². The van der Waals surface area contributed by atoms with Crippen LogP contribution in [0.3, 0.4) is 0 Å². The lowest BCUT2D eigenvalue weighted by Crippen LogP contribution is -2.45. The van der Waals surface area contributed by atoms with Gasteiger partial charge in [0.2, 0.25) is 0 Å². The van der Waals surface area contributed by atoms with Crippen molar-refractivity contribution in [2.24, 2.45) is 0 Å². The SMILES string of the molecule is COC(=O)C1CCCCN1c1nc2ccccc2s1. The fraction of sp³-hybridized carbons (Fsp3) is 0.429. The molecule has 0 saturated carbocycles. The van der Waals surface area contributed by atoms with Gasteiger partial charge in [0.15, 0.2) is 5.13 Å². The van der Waals surface area contributed by atoms with Crippen molar-refractivity contribution in [3.63, 3.8) is 0 Å². The molecule has 1 aromatic heterocycles. The zero-order chi connectivity index (χ0) is 13.2. The molecule has 0 N–H and O–H groups in total. The normalized spacial score (nSPS) is 19.6. The molecule has 1 unspecified atom stereocenters. The predicted octanol–water partition coefficient (Wildman–Crippen LogP) is 2.83. The maximum absolute atomic E-state index is 11.9. The third kappa shape index (κ3) is 2.30. The summed E-state index contributed by atoms with van der Waals surface area (Å²) in [6.45, 7) is 0.875. The number of aromatic nitrogens is 1. The number of esters is 1. The fourth-order valence-electron chi connectivity index (χ4n) is 2.52. The molecule has 0 aliphatic carbocycles. The number of hydrogen-bond acceptors (Lipinski definition) is 5. The Labute approximate surface area is 116 Å². The van der Waals surface area contributed by atoms with E-state index in [-0.39, 0.29) is 12.0 Å². The Hall–Kier alpha value is -1.62. The third-order valence-corrected chi connectivity index (χ3v) is 4.58. The van der Waals surface area contributed by atoms with E-state index in [0.717, 1.165) is 41.2 Å². The number of nitrogens with zero attached hydrogens (tertiary/aromatic N) is 2. The van der Waals surface area contributed by atoms with Crippen molar-refractivity contribution in [3.05, 3.63) is 24.3 Å². The number of methoxy groups -OCH3 is 1.